The third kappa shape index (κ3) is 3.21. The van der Waals surface area contributed by atoms with E-state index in [0.717, 1.165) is 54.0 Å². The first-order valence-electron chi connectivity index (χ1n) is 9.75. The Bertz CT molecular complexity index is 1230. The van der Waals surface area contributed by atoms with E-state index < -0.39 is 0 Å². The summed E-state index contributed by atoms with van der Waals surface area (Å²) in [6, 6.07) is 8.10. The van der Waals surface area contributed by atoms with Crippen molar-refractivity contribution in [2.24, 2.45) is 0 Å². The van der Waals surface area contributed by atoms with Crippen LogP contribution in [0.5, 0.6) is 0 Å². The van der Waals surface area contributed by atoms with Crippen LogP contribution < -0.4 is 10.5 Å². The van der Waals surface area contributed by atoms with Gasteiger partial charge < -0.3 is 19.8 Å². The third-order valence-corrected chi connectivity index (χ3v) is 5.63. The van der Waals surface area contributed by atoms with Gasteiger partial charge in [-0.1, -0.05) is 0 Å². The Labute approximate surface area is 167 Å². The highest BCUT2D eigenvalue weighted by Gasteiger charge is 2.16. The molecule has 1 aliphatic heterocycles. The number of H-pyrrole nitrogens is 3. The molecule has 1 saturated heterocycles. The van der Waals surface area contributed by atoms with E-state index in [0.29, 0.717) is 11.4 Å². The molecule has 1 aromatic carbocycles. The number of hydrogen-bond acceptors (Lipinski definition) is 5. The van der Waals surface area contributed by atoms with E-state index in [1.807, 2.05) is 19.1 Å². The van der Waals surface area contributed by atoms with Crippen molar-refractivity contribution in [3.05, 3.63) is 52.7 Å². The summed E-state index contributed by atoms with van der Waals surface area (Å²) in [6.07, 6.45) is 3.46. The van der Waals surface area contributed by atoms with E-state index >= 15 is 0 Å². The number of benzene rings is 1. The predicted octanol–water partition coefficient (Wildman–Crippen LogP) is 2.37. The lowest BCUT2D eigenvalue weighted by molar-refractivity contribution is 0.313. The molecule has 8 heteroatoms. The van der Waals surface area contributed by atoms with Crippen LogP contribution >= 0.6 is 0 Å². The van der Waals surface area contributed by atoms with E-state index in [1.165, 1.54) is 5.69 Å². The van der Waals surface area contributed by atoms with Gasteiger partial charge in [0.1, 0.15) is 5.82 Å². The van der Waals surface area contributed by atoms with Crippen LogP contribution in [-0.2, 0) is 0 Å². The lowest BCUT2D eigenvalue weighted by atomic mass is 10.1. The minimum Gasteiger partial charge on any atom is -0.369 e. The standard InChI is InChI=1S/C21H23N7O/c1-13-17(12-23-26-13)14-9-16(21(29)22-11-14)20-24-18-4-3-15(10-19(18)25-20)28-7-5-27(2)6-8-28/h3-4,9-12H,5-8H2,1-2H3,(H,22,29)(H,23,26)(H,24,25). The second-order valence-electron chi connectivity index (χ2n) is 7.62. The Kier molecular flexibility index (Phi) is 4.21. The number of piperazine rings is 1. The third-order valence-electron chi connectivity index (χ3n) is 5.63. The van der Waals surface area contributed by atoms with Gasteiger partial charge in [-0.3, -0.25) is 9.89 Å². The summed E-state index contributed by atoms with van der Waals surface area (Å²) in [4.78, 5) is 28.0. The van der Waals surface area contributed by atoms with Crippen LogP contribution in [0.3, 0.4) is 0 Å². The average Bonchev–Trinajstić information content (AvgIpc) is 3.34. The van der Waals surface area contributed by atoms with Gasteiger partial charge >= 0.3 is 0 Å². The molecule has 3 aromatic heterocycles. The number of anilines is 1. The fourth-order valence-electron chi connectivity index (χ4n) is 3.84. The Hall–Kier alpha value is -3.39. The van der Waals surface area contributed by atoms with E-state index in [4.69, 9.17) is 0 Å². The number of aromatic nitrogens is 5. The van der Waals surface area contributed by atoms with Gasteiger partial charge in [0.05, 0.1) is 22.8 Å². The van der Waals surface area contributed by atoms with Gasteiger partial charge in [-0.2, -0.15) is 5.10 Å². The number of nitrogens with one attached hydrogen (secondary N) is 3. The monoisotopic (exact) mass is 389 g/mol. The topological polar surface area (TPSA) is 96.7 Å². The molecule has 148 valence electrons. The van der Waals surface area contributed by atoms with Gasteiger partial charge in [0.2, 0.25) is 0 Å². The van der Waals surface area contributed by atoms with Crippen molar-refractivity contribution in [1.82, 2.24) is 30.0 Å². The summed E-state index contributed by atoms with van der Waals surface area (Å²) < 4.78 is 0. The van der Waals surface area contributed by atoms with Gasteiger partial charge in [0.15, 0.2) is 0 Å². The molecule has 0 bridgehead atoms. The normalized spacial score (nSPS) is 15.3. The Morgan fingerprint density at radius 3 is 2.66 bits per heavy atom. The number of rotatable bonds is 3. The minimum absolute atomic E-state index is 0.173. The fourth-order valence-corrected chi connectivity index (χ4v) is 3.84. The number of pyridine rings is 1. The Balaban J connectivity index is 1.52. The molecule has 0 radical (unpaired) electrons. The molecule has 4 heterocycles. The number of likely N-dealkylation sites (N-methyl/N-ethyl adjacent to an activating group) is 1. The zero-order valence-electron chi connectivity index (χ0n) is 16.5. The first kappa shape index (κ1) is 17.7. The molecule has 8 nitrogen and oxygen atoms in total. The van der Waals surface area contributed by atoms with Gasteiger partial charge in [-0.15, -0.1) is 0 Å². The lowest BCUT2D eigenvalue weighted by Gasteiger charge is -2.34. The molecule has 3 N–H and O–H groups in total. The van der Waals surface area contributed by atoms with E-state index in [2.05, 4.69) is 54.1 Å². The second kappa shape index (κ2) is 6.89. The molecule has 4 aromatic rings. The molecule has 1 aliphatic rings. The molecule has 1 fully saturated rings. The molecule has 29 heavy (non-hydrogen) atoms. The van der Waals surface area contributed by atoms with Crippen LogP contribution in [-0.4, -0.2) is 63.3 Å². The van der Waals surface area contributed by atoms with Crippen molar-refractivity contribution in [2.45, 2.75) is 6.92 Å². The maximum Gasteiger partial charge on any atom is 0.259 e. The van der Waals surface area contributed by atoms with Crippen LogP contribution in [0.25, 0.3) is 33.5 Å². The predicted molar refractivity (Wildman–Crippen MR) is 114 cm³/mol. The summed E-state index contributed by atoms with van der Waals surface area (Å²) in [6.45, 7) is 6.08. The van der Waals surface area contributed by atoms with Crippen LogP contribution in [0.4, 0.5) is 5.69 Å². The highest BCUT2D eigenvalue weighted by molar-refractivity contribution is 5.83. The summed E-state index contributed by atoms with van der Waals surface area (Å²) >= 11 is 0. The Morgan fingerprint density at radius 1 is 1.07 bits per heavy atom. The maximum absolute atomic E-state index is 12.5. The Morgan fingerprint density at radius 2 is 1.90 bits per heavy atom. The molecule has 0 unspecified atom stereocenters. The number of hydrogen-bond donors (Lipinski definition) is 3. The fraction of sp³-hybridized carbons (Fsp3) is 0.286. The highest BCUT2D eigenvalue weighted by Crippen LogP contribution is 2.27. The molecular weight excluding hydrogens is 366 g/mol. The van der Waals surface area contributed by atoms with Crippen molar-refractivity contribution in [3.8, 4) is 22.5 Å². The molecule has 0 spiro atoms. The first-order chi connectivity index (χ1) is 14.1. The van der Waals surface area contributed by atoms with Crippen LogP contribution in [0, 0.1) is 6.92 Å². The molecule has 0 saturated carbocycles. The largest absolute Gasteiger partial charge is 0.369 e. The SMILES string of the molecule is Cc1[nH]ncc1-c1c[nH]c(=O)c(-c2nc3ccc(N4CCN(C)CC4)cc3[nH]2)c1. The van der Waals surface area contributed by atoms with Gasteiger partial charge in [-0.25, -0.2) is 4.98 Å². The lowest BCUT2D eigenvalue weighted by Crippen LogP contribution is -2.44. The van der Waals surface area contributed by atoms with Gasteiger partial charge in [0, 0.05) is 54.9 Å². The van der Waals surface area contributed by atoms with Crippen molar-refractivity contribution in [2.75, 3.05) is 38.1 Å². The smallest absolute Gasteiger partial charge is 0.259 e. The highest BCUT2D eigenvalue weighted by atomic mass is 16.1. The zero-order valence-corrected chi connectivity index (χ0v) is 16.5. The number of aryl methyl sites for hydroxylation is 1. The molecule has 5 rings (SSSR count). The summed E-state index contributed by atoms with van der Waals surface area (Å²) in [7, 11) is 2.15. The van der Waals surface area contributed by atoms with E-state index in [1.54, 1.807) is 12.4 Å². The second-order valence-corrected chi connectivity index (χ2v) is 7.62. The van der Waals surface area contributed by atoms with Crippen LogP contribution in [0.2, 0.25) is 0 Å². The van der Waals surface area contributed by atoms with Crippen molar-refractivity contribution < 1.29 is 0 Å². The summed E-state index contributed by atoms with van der Waals surface area (Å²) in [5.74, 6) is 0.569. The number of fused-ring (bicyclic) bond motifs is 1. The molecule has 0 atom stereocenters. The van der Waals surface area contributed by atoms with Gasteiger partial charge in [-0.05, 0) is 38.2 Å². The van der Waals surface area contributed by atoms with Crippen LogP contribution in [0.1, 0.15) is 5.69 Å². The van der Waals surface area contributed by atoms with Crippen LogP contribution in [0.15, 0.2) is 41.5 Å². The van der Waals surface area contributed by atoms with Gasteiger partial charge in [0.25, 0.3) is 5.56 Å². The quantitative estimate of drug-likeness (QED) is 0.500. The minimum atomic E-state index is -0.173. The summed E-state index contributed by atoms with van der Waals surface area (Å²) in [5.41, 5.74) is 6.10. The van der Waals surface area contributed by atoms with Crippen molar-refractivity contribution in [3.63, 3.8) is 0 Å². The van der Waals surface area contributed by atoms with Crippen molar-refractivity contribution in [1.29, 1.82) is 0 Å². The summed E-state index contributed by atoms with van der Waals surface area (Å²) in [5, 5.41) is 7.00. The molecule has 0 aliphatic carbocycles. The first-order valence-corrected chi connectivity index (χ1v) is 9.75. The number of aromatic amines is 3. The van der Waals surface area contributed by atoms with E-state index in [9.17, 15) is 4.79 Å². The molecule has 0 amide bonds. The maximum atomic E-state index is 12.5. The average molecular weight is 389 g/mol. The van der Waals surface area contributed by atoms with E-state index in [-0.39, 0.29) is 5.56 Å². The zero-order chi connectivity index (χ0) is 20.0. The molecular formula is C21H23N7O. The number of imidazole rings is 1. The van der Waals surface area contributed by atoms with Crippen molar-refractivity contribution >= 4 is 16.7 Å². The number of nitrogens with zero attached hydrogens (tertiary/aromatic N) is 4.